The molecular formula is C21H23NO4. The van der Waals surface area contributed by atoms with Crippen LogP contribution in [0.15, 0.2) is 47.1 Å². The topological polar surface area (TPSA) is 68.5 Å². The number of esters is 1. The molecule has 3 rings (SSSR count). The predicted octanol–water partition coefficient (Wildman–Crippen LogP) is 3.83. The number of hydrogen-bond acceptors (Lipinski definition) is 4. The Balaban J connectivity index is 1.85. The minimum absolute atomic E-state index is 0.145. The second kappa shape index (κ2) is 7.60. The number of benzene rings is 2. The molecule has 3 aromatic rings. The molecule has 1 N–H and O–H groups in total. The van der Waals surface area contributed by atoms with Gasteiger partial charge in [0.15, 0.2) is 0 Å². The number of ether oxygens (including phenoxy) is 1. The molecule has 1 atom stereocenters. The highest BCUT2D eigenvalue weighted by atomic mass is 16.5. The van der Waals surface area contributed by atoms with Gasteiger partial charge < -0.3 is 14.5 Å². The van der Waals surface area contributed by atoms with E-state index in [2.05, 4.69) is 5.32 Å². The highest BCUT2D eigenvalue weighted by Crippen LogP contribution is 2.30. The van der Waals surface area contributed by atoms with Gasteiger partial charge in [-0.2, -0.15) is 0 Å². The summed E-state index contributed by atoms with van der Waals surface area (Å²) >= 11 is 0. The van der Waals surface area contributed by atoms with Crippen molar-refractivity contribution in [2.45, 2.75) is 32.7 Å². The SMILES string of the molecule is COC(=O)[C@H](CC(C)C)NC(=O)Cc1coc2ccc3ccccc3c12. The highest BCUT2D eigenvalue weighted by molar-refractivity contribution is 6.08. The molecule has 0 radical (unpaired) electrons. The zero-order chi connectivity index (χ0) is 18.7. The van der Waals surface area contributed by atoms with E-state index >= 15 is 0 Å². The maximum absolute atomic E-state index is 12.5. The van der Waals surface area contributed by atoms with E-state index in [1.165, 1.54) is 7.11 Å². The quantitative estimate of drug-likeness (QED) is 0.684. The summed E-state index contributed by atoms with van der Waals surface area (Å²) in [6.07, 6.45) is 2.30. The molecule has 0 bridgehead atoms. The first-order valence-electron chi connectivity index (χ1n) is 8.74. The second-order valence-electron chi connectivity index (χ2n) is 6.87. The van der Waals surface area contributed by atoms with E-state index in [-0.39, 0.29) is 18.2 Å². The summed E-state index contributed by atoms with van der Waals surface area (Å²) in [6.45, 7) is 4.00. The molecule has 136 valence electrons. The lowest BCUT2D eigenvalue weighted by atomic mass is 10.0. The van der Waals surface area contributed by atoms with Gasteiger partial charge in [0.05, 0.1) is 19.8 Å². The monoisotopic (exact) mass is 353 g/mol. The first kappa shape index (κ1) is 18.0. The molecule has 0 aliphatic carbocycles. The Hall–Kier alpha value is -2.82. The Morgan fingerprint density at radius 3 is 2.65 bits per heavy atom. The summed E-state index contributed by atoms with van der Waals surface area (Å²) in [5.41, 5.74) is 1.56. The summed E-state index contributed by atoms with van der Waals surface area (Å²) in [7, 11) is 1.33. The number of amides is 1. The Bertz CT molecular complexity index is 941. The highest BCUT2D eigenvalue weighted by Gasteiger charge is 2.23. The van der Waals surface area contributed by atoms with Crippen molar-refractivity contribution >= 4 is 33.6 Å². The Morgan fingerprint density at radius 2 is 1.92 bits per heavy atom. The summed E-state index contributed by atoms with van der Waals surface area (Å²) < 4.78 is 10.4. The Morgan fingerprint density at radius 1 is 1.15 bits per heavy atom. The molecule has 0 spiro atoms. The van der Waals surface area contributed by atoms with Crippen LogP contribution in [0.25, 0.3) is 21.7 Å². The Labute approximate surface area is 152 Å². The van der Waals surface area contributed by atoms with Gasteiger partial charge in [-0.05, 0) is 29.2 Å². The van der Waals surface area contributed by atoms with E-state index in [0.29, 0.717) is 6.42 Å². The normalized spacial score (nSPS) is 12.5. The van der Waals surface area contributed by atoms with Crippen LogP contribution in [-0.4, -0.2) is 25.0 Å². The zero-order valence-corrected chi connectivity index (χ0v) is 15.2. The van der Waals surface area contributed by atoms with Crippen LogP contribution in [0, 0.1) is 5.92 Å². The van der Waals surface area contributed by atoms with Gasteiger partial charge in [-0.25, -0.2) is 4.79 Å². The maximum Gasteiger partial charge on any atom is 0.328 e. The van der Waals surface area contributed by atoms with E-state index in [1.807, 2.05) is 50.2 Å². The standard InChI is InChI=1S/C21H23NO4/c1-13(2)10-17(21(24)25-3)22-19(23)11-15-12-26-18-9-8-14-6-4-5-7-16(14)20(15)18/h4-9,12-13,17H,10-11H2,1-3H3,(H,22,23)/t17-/m0/s1. The molecule has 0 aliphatic rings. The molecule has 0 saturated carbocycles. The largest absolute Gasteiger partial charge is 0.467 e. The molecule has 1 amide bonds. The van der Waals surface area contributed by atoms with E-state index in [0.717, 1.165) is 27.3 Å². The fraction of sp³-hybridized carbons (Fsp3) is 0.333. The third-order valence-electron chi connectivity index (χ3n) is 4.42. The number of methoxy groups -OCH3 is 1. The number of rotatable bonds is 6. The fourth-order valence-electron chi connectivity index (χ4n) is 3.25. The number of carbonyl (C=O) groups is 2. The number of fused-ring (bicyclic) bond motifs is 3. The van der Waals surface area contributed by atoms with Crippen LogP contribution in [-0.2, 0) is 20.7 Å². The lowest BCUT2D eigenvalue weighted by molar-refractivity contribution is -0.145. The van der Waals surface area contributed by atoms with Crippen LogP contribution in [0.5, 0.6) is 0 Å². The third kappa shape index (κ3) is 3.72. The van der Waals surface area contributed by atoms with E-state index < -0.39 is 12.0 Å². The van der Waals surface area contributed by atoms with Crippen LogP contribution < -0.4 is 5.32 Å². The molecule has 0 fully saturated rings. The van der Waals surface area contributed by atoms with Gasteiger partial charge >= 0.3 is 5.97 Å². The maximum atomic E-state index is 12.5. The van der Waals surface area contributed by atoms with Gasteiger partial charge in [-0.15, -0.1) is 0 Å². The van der Waals surface area contributed by atoms with E-state index in [4.69, 9.17) is 9.15 Å². The molecule has 5 heteroatoms. The van der Waals surface area contributed by atoms with Crippen molar-refractivity contribution in [2.24, 2.45) is 5.92 Å². The average Bonchev–Trinajstić information content (AvgIpc) is 3.03. The van der Waals surface area contributed by atoms with Crippen molar-refractivity contribution in [1.82, 2.24) is 5.32 Å². The summed E-state index contributed by atoms with van der Waals surface area (Å²) in [4.78, 5) is 24.5. The van der Waals surface area contributed by atoms with Crippen molar-refractivity contribution in [3.63, 3.8) is 0 Å². The molecule has 0 unspecified atom stereocenters. The van der Waals surface area contributed by atoms with Crippen LogP contribution in [0.4, 0.5) is 0 Å². The molecule has 1 aromatic heterocycles. The molecule has 26 heavy (non-hydrogen) atoms. The lowest BCUT2D eigenvalue weighted by Gasteiger charge is -2.18. The van der Waals surface area contributed by atoms with Gasteiger partial charge in [0.2, 0.25) is 5.91 Å². The van der Waals surface area contributed by atoms with Gasteiger partial charge in [0.1, 0.15) is 11.6 Å². The van der Waals surface area contributed by atoms with Gasteiger partial charge in [-0.3, -0.25) is 4.79 Å². The van der Waals surface area contributed by atoms with Gasteiger partial charge in [0.25, 0.3) is 0 Å². The van der Waals surface area contributed by atoms with E-state index in [9.17, 15) is 9.59 Å². The Kier molecular flexibility index (Phi) is 5.26. The van der Waals surface area contributed by atoms with Crippen LogP contribution in [0.2, 0.25) is 0 Å². The van der Waals surface area contributed by atoms with Crippen molar-refractivity contribution in [1.29, 1.82) is 0 Å². The molecule has 1 heterocycles. The zero-order valence-electron chi connectivity index (χ0n) is 15.2. The first-order chi connectivity index (χ1) is 12.5. The summed E-state index contributed by atoms with van der Waals surface area (Å²) in [5.74, 6) is -0.385. The summed E-state index contributed by atoms with van der Waals surface area (Å²) in [6, 6.07) is 11.3. The third-order valence-corrected chi connectivity index (χ3v) is 4.42. The fourth-order valence-corrected chi connectivity index (χ4v) is 3.25. The summed E-state index contributed by atoms with van der Waals surface area (Å²) in [5, 5.41) is 5.88. The lowest BCUT2D eigenvalue weighted by Crippen LogP contribution is -2.43. The van der Waals surface area contributed by atoms with Crippen molar-refractivity contribution in [3.05, 3.63) is 48.2 Å². The average molecular weight is 353 g/mol. The molecule has 0 saturated heterocycles. The van der Waals surface area contributed by atoms with Gasteiger partial charge in [0, 0.05) is 10.9 Å². The minimum Gasteiger partial charge on any atom is -0.467 e. The smallest absolute Gasteiger partial charge is 0.328 e. The first-order valence-corrected chi connectivity index (χ1v) is 8.74. The number of nitrogens with one attached hydrogen (secondary N) is 1. The molecule has 2 aromatic carbocycles. The number of carbonyl (C=O) groups excluding carboxylic acids is 2. The van der Waals surface area contributed by atoms with Crippen molar-refractivity contribution in [2.75, 3.05) is 7.11 Å². The molecular weight excluding hydrogens is 330 g/mol. The van der Waals surface area contributed by atoms with Crippen LogP contribution in [0.1, 0.15) is 25.8 Å². The second-order valence-corrected chi connectivity index (χ2v) is 6.87. The van der Waals surface area contributed by atoms with Crippen LogP contribution >= 0.6 is 0 Å². The minimum atomic E-state index is -0.637. The van der Waals surface area contributed by atoms with Crippen molar-refractivity contribution < 1.29 is 18.7 Å². The molecule has 0 aliphatic heterocycles. The van der Waals surface area contributed by atoms with E-state index in [1.54, 1.807) is 6.26 Å². The number of hydrogen-bond donors (Lipinski definition) is 1. The van der Waals surface area contributed by atoms with Gasteiger partial charge in [-0.1, -0.05) is 44.2 Å². The number of furan rings is 1. The van der Waals surface area contributed by atoms with Crippen molar-refractivity contribution in [3.8, 4) is 0 Å². The van der Waals surface area contributed by atoms with Crippen LogP contribution in [0.3, 0.4) is 0 Å². The molecule has 5 nitrogen and oxygen atoms in total. The predicted molar refractivity (Wildman–Crippen MR) is 101 cm³/mol.